The van der Waals surface area contributed by atoms with E-state index in [1.54, 1.807) is 0 Å². The molecular formula is C19H34N2O3+2. The highest BCUT2D eigenvalue weighted by Crippen LogP contribution is 2.30. The molecule has 1 atom stereocenters. The normalized spacial score (nSPS) is 23.0. The summed E-state index contributed by atoms with van der Waals surface area (Å²) in [5, 5.41) is 19.3. The van der Waals surface area contributed by atoms with E-state index in [4.69, 9.17) is 9.84 Å². The van der Waals surface area contributed by atoms with Crippen molar-refractivity contribution >= 4 is 0 Å². The van der Waals surface area contributed by atoms with Crippen molar-refractivity contribution in [3.05, 3.63) is 29.8 Å². The van der Waals surface area contributed by atoms with E-state index in [9.17, 15) is 5.11 Å². The molecule has 1 aromatic carbocycles. The average Bonchev–Trinajstić information content (AvgIpc) is 2.54. The number of ether oxygens (including phenoxy) is 1. The molecule has 1 aliphatic rings. The number of rotatable bonds is 7. The fourth-order valence-corrected chi connectivity index (χ4v) is 3.36. The van der Waals surface area contributed by atoms with Crippen LogP contribution in [-0.2, 0) is 5.41 Å². The second kappa shape index (κ2) is 8.81. The minimum atomic E-state index is -0.451. The SMILES string of the molecule is CC(C)(C)c1ccccc1OCC(O)C[NH+]1CC[NH+](CCO)CC1. The minimum absolute atomic E-state index is 0.0264. The highest BCUT2D eigenvalue weighted by Gasteiger charge is 2.25. The molecule has 4 N–H and O–H groups in total. The van der Waals surface area contributed by atoms with E-state index in [1.807, 2.05) is 18.2 Å². The lowest BCUT2D eigenvalue weighted by Gasteiger charge is -2.30. The van der Waals surface area contributed by atoms with Crippen LogP contribution in [0.2, 0.25) is 0 Å². The van der Waals surface area contributed by atoms with Crippen LogP contribution in [-0.4, -0.2) is 68.8 Å². The van der Waals surface area contributed by atoms with Crippen LogP contribution in [0.1, 0.15) is 26.3 Å². The molecule has 1 unspecified atom stereocenters. The molecule has 0 aromatic heterocycles. The van der Waals surface area contributed by atoms with Crippen molar-refractivity contribution in [3.63, 3.8) is 0 Å². The number of quaternary nitrogens is 2. The Morgan fingerprint density at radius 1 is 1.08 bits per heavy atom. The second-order valence-corrected chi connectivity index (χ2v) is 7.89. The topological polar surface area (TPSA) is 58.6 Å². The van der Waals surface area contributed by atoms with Crippen LogP contribution in [0, 0.1) is 0 Å². The smallest absolute Gasteiger partial charge is 0.137 e. The van der Waals surface area contributed by atoms with E-state index >= 15 is 0 Å². The Labute approximate surface area is 145 Å². The molecule has 5 nitrogen and oxygen atoms in total. The summed E-state index contributed by atoms with van der Waals surface area (Å²) in [6.45, 7) is 12.9. The Morgan fingerprint density at radius 3 is 2.33 bits per heavy atom. The molecular weight excluding hydrogens is 304 g/mol. The number of aliphatic hydroxyl groups excluding tert-OH is 2. The number of benzene rings is 1. The van der Waals surface area contributed by atoms with Gasteiger partial charge in [-0.3, -0.25) is 0 Å². The molecule has 1 heterocycles. The number of aliphatic hydroxyl groups is 2. The zero-order valence-electron chi connectivity index (χ0n) is 15.3. The van der Waals surface area contributed by atoms with Gasteiger partial charge in [-0.1, -0.05) is 39.0 Å². The third-order valence-corrected chi connectivity index (χ3v) is 4.78. The Balaban J connectivity index is 1.79. The first-order chi connectivity index (χ1) is 11.4. The maximum absolute atomic E-state index is 10.3. The van der Waals surface area contributed by atoms with E-state index in [1.165, 1.54) is 15.4 Å². The number of para-hydroxylation sites is 1. The van der Waals surface area contributed by atoms with Crippen molar-refractivity contribution in [3.8, 4) is 5.75 Å². The molecule has 5 heteroatoms. The Morgan fingerprint density at radius 2 is 1.71 bits per heavy atom. The van der Waals surface area contributed by atoms with Crippen LogP contribution in [0.3, 0.4) is 0 Å². The first kappa shape index (κ1) is 19.2. The number of hydrogen-bond donors (Lipinski definition) is 4. The van der Waals surface area contributed by atoms with Gasteiger partial charge in [0.2, 0.25) is 0 Å². The first-order valence-electron chi connectivity index (χ1n) is 9.08. The summed E-state index contributed by atoms with van der Waals surface area (Å²) >= 11 is 0. The summed E-state index contributed by atoms with van der Waals surface area (Å²) in [4.78, 5) is 2.89. The van der Waals surface area contributed by atoms with Gasteiger partial charge in [0.15, 0.2) is 0 Å². The van der Waals surface area contributed by atoms with E-state index in [2.05, 4.69) is 26.8 Å². The second-order valence-electron chi connectivity index (χ2n) is 7.89. The Hall–Kier alpha value is -1.14. The van der Waals surface area contributed by atoms with E-state index in [-0.39, 0.29) is 12.0 Å². The molecule has 0 radical (unpaired) electrons. The molecule has 0 saturated carbocycles. The summed E-state index contributed by atoms with van der Waals surface area (Å²) in [6, 6.07) is 8.08. The van der Waals surface area contributed by atoms with Crippen LogP contribution < -0.4 is 14.5 Å². The Kier molecular flexibility index (Phi) is 7.04. The van der Waals surface area contributed by atoms with Gasteiger partial charge in [0, 0.05) is 0 Å². The zero-order chi connectivity index (χ0) is 17.6. The van der Waals surface area contributed by atoms with E-state index in [0.717, 1.165) is 45.0 Å². The van der Waals surface area contributed by atoms with Gasteiger partial charge >= 0.3 is 0 Å². The lowest BCUT2D eigenvalue weighted by atomic mass is 9.86. The molecule has 1 aliphatic heterocycles. The zero-order valence-corrected chi connectivity index (χ0v) is 15.3. The number of piperazine rings is 1. The summed E-state index contributed by atoms with van der Waals surface area (Å²) < 4.78 is 5.93. The maximum Gasteiger partial charge on any atom is 0.137 e. The van der Waals surface area contributed by atoms with E-state index in [0.29, 0.717) is 6.61 Å². The number of nitrogens with one attached hydrogen (secondary N) is 2. The highest BCUT2D eigenvalue weighted by molar-refractivity contribution is 5.38. The molecule has 1 saturated heterocycles. The molecule has 2 rings (SSSR count). The van der Waals surface area contributed by atoms with Crippen LogP contribution in [0.5, 0.6) is 5.75 Å². The van der Waals surface area contributed by atoms with Crippen molar-refractivity contribution in [2.45, 2.75) is 32.3 Å². The molecule has 1 fully saturated rings. The van der Waals surface area contributed by atoms with Crippen LogP contribution in [0.25, 0.3) is 0 Å². The lowest BCUT2D eigenvalue weighted by Crippen LogP contribution is -3.28. The van der Waals surface area contributed by atoms with Crippen LogP contribution in [0.4, 0.5) is 0 Å². The summed E-state index contributed by atoms with van der Waals surface area (Å²) in [5.41, 5.74) is 1.20. The molecule has 0 bridgehead atoms. The predicted octanol–water partition coefficient (Wildman–Crippen LogP) is -1.50. The standard InChI is InChI=1S/C19H32N2O3/c1-19(2,3)17-6-4-5-7-18(17)24-15-16(23)14-21-10-8-20(9-11-21)12-13-22/h4-7,16,22-23H,8-15H2,1-3H3/p+2. The van der Waals surface area contributed by atoms with Gasteiger partial charge in [-0.05, 0) is 17.0 Å². The predicted molar refractivity (Wildman–Crippen MR) is 94.9 cm³/mol. The largest absolute Gasteiger partial charge is 0.490 e. The fraction of sp³-hybridized carbons (Fsp3) is 0.684. The summed E-state index contributed by atoms with van der Waals surface area (Å²) in [7, 11) is 0. The van der Waals surface area contributed by atoms with Crippen molar-refractivity contribution < 1.29 is 24.7 Å². The maximum atomic E-state index is 10.3. The van der Waals surface area contributed by atoms with Gasteiger partial charge < -0.3 is 24.7 Å². The average molecular weight is 338 g/mol. The molecule has 136 valence electrons. The molecule has 0 spiro atoms. The molecule has 0 aliphatic carbocycles. The van der Waals surface area contributed by atoms with Crippen molar-refractivity contribution in [1.29, 1.82) is 0 Å². The van der Waals surface area contributed by atoms with Crippen LogP contribution in [0.15, 0.2) is 24.3 Å². The van der Waals surface area contributed by atoms with Gasteiger partial charge in [-0.25, -0.2) is 0 Å². The third kappa shape index (κ3) is 5.74. The summed E-state index contributed by atoms with van der Waals surface area (Å²) in [6.07, 6.45) is -0.451. The lowest BCUT2D eigenvalue weighted by molar-refractivity contribution is -1.01. The molecule has 0 amide bonds. The van der Waals surface area contributed by atoms with Gasteiger partial charge in [-0.15, -0.1) is 0 Å². The van der Waals surface area contributed by atoms with Crippen molar-refractivity contribution in [2.24, 2.45) is 0 Å². The van der Waals surface area contributed by atoms with Gasteiger partial charge in [-0.2, -0.15) is 0 Å². The van der Waals surface area contributed by atoms with Crippen molar-refractivity contribution in [2.75, 3.05) is 52.5 Å². The highest BCUT2D eigenvalue weighted by atomic mass is 16.5. The van der Waals surface area contributed by atoms with E-state index < -0.39 is 6.10 Å². The third-order valence-electron chi connectivity index (χ3n) is 4.78. The quantitative estimate of drug-likeness (QED) is 0.489. The minimum Gasteiger partial charge on any atom is -0.490 e. The fourth-order valence-electron chi connectivity index (χ4n) is 3.36. The monoisotopic (exact) mass is 338 g/mol. The molecule has 1 aromatic rings. The van der Waals surface area contributed by atoms with Crippen LogP contribution >= 0.6 is 0 Å². The van der Waals surface area contributed by atoms with Gasteiger partial charge in [0.25, 0.3) is 0 Å². The summed E-state index contributed by atoms with van der Waals surface area (Å²) in [5.74, 6) is 0.872. The van der Waals surface area contributed by atoms with Crippen molar-refractivity contribution in [1.82, 2.24) is 0 Å². The number of hydrogen-bond acceptors (Lipinski definition) is 3. The van der Waals surface area contributed by atoms with Gasteiger partial charge in [0.1, 0.15) is 57.7 Å². The molecule has 24 heavy (non-hydrogen) atoms. The first-order valence-corrected chi connectivity index (χ1v) is 9.08. The Bertz CT molecular complexity index is 494. The van der Waals surface area contributed by atoms with Gasteiger partial charge in [0.05, 0.1) is 6.61 Å².